The van der Waals surface area contributed by atoms with E-state index in [4.69, 9.17) is 0 Å². The van der Waals surface area contributed by atoms with Crippen LogP contribution in [0.2, 0.25) is 0 Å². The maximum Gasteiger partial charge on any atom is 0.157 e. The van der Waals surface area contributed by atoms with Crippen LogP contribution in [-0.4, -0.2) is 26.6 Å². The number of benzene rings is 1. The van der Waals surface area contributed by atoms with Gasteiger partial charge in [0.1, 0.15) is 5.82 Å². The molecule has 0 spiro atoms. The van der Waals surface area contributed by atoms with Crippen LogP contribution in [0, 0.1) is 13.8 Å². The Bertz CT molecular complexity index is 1030. The van der Waals surface area contributed by atoms with E-state index in [1.807, 2.05) is 36.8 Å². The second-order valence-corrected chi connectivity index (χ2v) is 6.18. The molecule has 5 heteroatoms. The van der Waals surface area contributed by atoms with Gasteiger partial charge in [0, 0.05) is 49.2 Å². The number of anilines is 1. The number of aromatic nitrogens is 4. The van der Waals surface area contributed by atoms with Crippen molar-refractivity contribution < 1.29 is 0 Å². The average Bonchev–Trinajstić information content (AvgIpc) is 2.94. The first-order valence-electron chi connectivity index (χ1n) is 7.98. The van der Waals surface area contributed by atoms with Gasteiger partial charge in [-0.3, -0.25) is 4.98 Å². The minimum atomic E-state index is 0.790. The second kappa shape index (κ2) is 5.60. The van der Waals surface area contributed by atoms with E-state index in [0.29, 0.717) is 0 Å². The van der Waals surface area contributed by atoms with Crippen molar-refractivity contribution in [3.05, 3.63) is 65.7 Å². The van der Waals surface area contributed by atoms with Gasteiger partial charge >= 0.3 is 0 Å². The van der Waals surface area contributed by atoms with E-state index in [0.717, 1.165) is 34.8 Å². The Morgan fingerprint density at radius 3 is 2.83 bits per heavy atom. The summed E-state index contributed by atoms with van der Waals surface area (Å²) in [5.41, 5.74) is 4.12. The normalized spacial score (nSPS) is 11.3. The average molecular weight is 317 g/mol. The summed E-state index contributed by atoms with van der Waals surface area (Å²) in [5.74, 6) is 1.04. The van der Waals surface area contributed by atoms with Crippen LogP contribution in [0.1, 0.15) is 17.0 Å². The number of aryl methyl sites for hydroxylation is 2. The molecule has 3 heterocycles. The maximum atomic E-state index is 4.58. The first-order chi connectivity index (χ1) is 11.6. The summed E-state index contributed by atoms with van der Waals surface area (Å²) in [4.78, 5) is 11.0. The Hall–Kier alpha value is -2.95. The van der Waals surface area contributed by atoms with Crippen LogP contribution in [0.5, 0.6) is 0 Å². The number of pyridine rings is 1. The maximum absolute atomic E-state index is 4.58. The molecule has 120 valence electrons. The third-order valence-electron chi connectivity index (χ3n) is 4.23. The van der Waals surface area contributed by atoms with E-state index in [1.54, 1.807) is 0 Å². The molecule has 0 fully saturated rings. The highest BCUT2D eigenvalue weighted by atomic mass is 15.3. The molecule has 0 aliphatic carbocycles. The van der Waals surface area contributed by atoms with Crippen molar-refractivity contribution in [1.82, 2.24) is 19.6 Å². The molecular weight excluding hydrogens is 298 g/mol. The van der Waals surface area contributed by atoms with Crippen molar-refractivity contribution >= 4 is 22.2 Å². The summed E-state index contributed by atoms with van der Waals surface area (Å²) in [7, 11) is 2.09. The number of rotatable bonds is 3. The van der Waals surface area contributed by atoms with E-state index in [1.165, 1.54) is 10.9 Å². The summed E-state index contributed by atoms with van der Waals surface area (Å²) in [6.45, 7) is 4.80. The molecule has 0 N–H and O–H groups in total. The molecule has 0 unspecified atom stereocenters. The van der Waals surface area contributed by atoms with Crippen molar-refractivity contribution in [1.29, 1.82) is 0 Å². The lowest BCUT2D eigenvalue weighted by Crippen LogP contribution is -2.20. The minimum absolute atomic E-state index is 0.790. The number of nitrogens with zero attached hydrogens (tertiary/aromatic N) is 5. The molecule has 0 radical (unpaired) electrons. The molecule has 0 bridgehead atoms. The van der Waals surface area contributed by atoms with Gasteiger partial charge in [0.25, 0.3) is 0 Å². The summed E-state index contributed by atoms with van der Waals surface area (Å²) in [6.07, 6.45) is 3.75. The van der Waals surface area contributed by atoms with Gasteiger partial charge in [0.2, 0.25) is 0 Å². The first-order valence-corrected chi connectivity index (χ1v) is 7.98. The van der Waals surface area contributed by atoms with E-state index in [2.05, 4.69) is 57.3 Å². The smallest absolute Gasteiger partial charge is 0.157 e. The lowest BCUT2D eigenvalue weighted by molar-refractivity contribution is 0.824. The minimum Gasteiger partial charge on any atom is -0.355 e. The van der Waals surface area contributed by atoms with Crippen LogP contribution >= 0.6 is 0 Å². The highest BCUT2D eigenvalue weighted by molar-refractivity contribution is 5.85. The van der Waals surface area contributed by atoms with Crippen LogP contribution in [0.15, 0.2) is 48.8 Å². The second-order valence-electron chi connectivity index (χ2n) is 6.18. The standard InChI is InChI=1S/C19H19N5/c1-13-10-19(24-18(21-13)9-14(2)22-24)23(3)12-16-6-4-5-15-11-20-8-7-17(15)16/h4-11H,12H2,1-3H3. The molecular formula is C19H19N5. The zero-order chi connectivity index (χ0) is 16.7. The zero-order valence-electron chi connectivity index (χ0n) is 14.1. The molecule has 0 aliphatic rings. The van der Waals surface area contributed by atoms with E-state index in [-0.39, 0.29) is 0 Å². The monoisotopic (exact) mass is 317 g/mol. The third-order valence-corrected chi connectivity index (χ3v) is 4.23. The predicted molar refractivity (Wildman–Crippen MR) is 96.3 cm³/mol. The lowest BCUT2D eigenvalue weighted by atomic mass is 10.1. The molecule has 5 nitrogen and oxygen atoms in total. The van der Waals surface area contributed by atoms with Crippen LogP contribution in [0.3, 0.4) is 0 Å². The SMILES string of the molecule is Cc1cc(N(C)Cc2cccc3cnccc23)n2nc(C)cc2n1. The topological polar surface area (TPSA) is 46.3 Å². The van der Waals surface area contributed by atoms with E-state index in [9.17, 15) is 0 Å². The Morgan fingerprint density at radius 1 is 1.08 bits per heavy atom. The fraction of sp³-hybridized carbons (Fsp3) is 0.211. The van der Waals surface area contributed by atoms with Crippen molar-refractivity contribution in [3.63, 3.8) is 0 Å². The number of hydrogen-bond donors (Lipinski definition) is 0. The lowest BCUT2D eigenvalue weighted by Gasteiger charge is -2.21. The van der Waals surface area contributed by atoms with Crippen LogP contribution in [-0.2, 0) is 6.54 Å². The van der Waals surface area contributed by atoms with Crippen LogP contribution < -0.4 is 4.90 Å². The van der Waals surface area contributed by atoms with E-state index >= 15 is 0 Å². The van der Waals surface area contributed by atoms with Gasteiger partial charge in [0.05, 0.1) is 5.69 Å². The number of fused-ring (bicyclic) bond motifs is 2. The van der Waals surface area contributed by atoms with Crippen LogP contribution in [0.25, 0.3) is 16.4 Å². The van der Waals surface area contributed by atoms with Gasteiger partial charge in [-0.05, 0) is 30.9 Å². The van der Waals surface area contributed by atoms with Gasteiger partial charge in [-0.1, -0.05) is 18.2 Å². The Kier molecular flexibility index (Phi) is 3.41. The molecule has 24 heavy (non-hydrogen) atoms. The van der Waals surface area contributed by atoms with E-state index < -0.39 is 0 Å². The Labute approximate surface area is 140 Å². The van der Waals surface area contributed by atoms with Gasteiger partial charge in [-0.25, -0.2) is 4.98 Å². The van der Waals surface area contributed by atoms with Gasteiger partial charge in [-0.15, -0.1) is 0 Å². The quantitative estimate of drug-likeness (QED) is 0.580. The van der Waals surface area contributed by atoms with Crippen LogP contribution in [0.4, 0.5) is 5.82 Å². The fourth-order valence-electron chi connectivity index (χ4n) is 3.13. The van der Waals surface area contributed by atoms with Crippen molar-refractivity contribution in [2.45, 2.75) is 20.4 Å². The zero-order valence-corrected chi connectivity index (χ0v) is 14.1. The van der Waals surface area contributed by atoms with Gasteiger partial charge < -0.3 is 4.90 Å². The first kappa shape index (κ1) is 14.6. The van der Waals surface area contributed by atoms with Gasteiger partial charge in [-0.2, -0.15) is 9.61 Å². The highest BCUT2D eigenvalue weighted by Crippen LogP contribution is 2.23. The molecule has 1 aromatic carbocycles. The van der Waals surface area contributed by atoms with Crippen molar-refractivity contribution in [3.8, 4) is 0 Å². The van der Waals surface area contributed by atoms with Gasteiger partial charge in [0.15, 0.2) is 5.65 Å². The summed E-state index contributed by atoms with van der Waals surface area (Å²) >= 11 is 0. The fourth-order valence-corrected chi connectivity index (χ4v) is 3.13. The third kappa shape index (κ3) is 2.48. The molecule has 0 aliphatic heterocycles. The molecule has 0 amide bonds. The highest BCUT2D eigenvalue weighted by Gasteiger charge is 2.12. The largest absolute Gasteiger partial charge is 0.355 e. The molecule has 0 saturated heterocycles. The predicted octanol–water partition coefficient (Wildman–Crippen LogP) is 3.53. The summed E-state index contributed by atoms with van der Waals surface area (Å²) in [6, 6.07) is 12.5. The Morgan fingerprint density at radius 2 is 1.96 bits per heavy atom. The summed E-state index contributed by atoms with van der Waals surface area (Å²) in [5, 5.41) is 6.98. The molecule has 3 aromatic heterocycles. The van der Waals surface area contributed by atoms with Crippen molar-refractivity contribution in [2.75, 3.05) is 11.9 Å². The van der Waals surface area contributed by atoms with Crippen molar-refractivity contribution in [2.24, 2.45) is 0 Å². The molecule has 4 aromatic rings. The molecule has 0 atom stereocenters. The Balaban J connectivity index is 1.78. The number of hydrogen-bond acceptors (Lipinski definition) is 4. The molecule has 0 saturated carbocycles. The summed E-state index contributed by atoms with van der Waals surface area (Å²) < 4.78 is 1.91. The molecule has 4 rings (SSSR count).